The summed E-state index contributed by atoms with van der Waals surface area (Å²) in [6.07, 6.45) is 0.326. The van der Waals surface area contributed by atoms with Crippen LogP contribution in [-0.4, -0.2) is 40.2 Å². The number of carbonyl (C=O) groups is 4. The van der Waals surface area contributed by atoms with Crippen LogP contribution in [0.15, 0.2) is 54.6 Å². The standard InChI is InChI=1S/C20H17N3O5/c24-11-18(25)23-16(8-12-4-2-1-3-5-12)19(26)21-14-6-7-15-13(9-14)10-17(22-15)20(27)28/h1-7,9-11,16,22H,8H2,(H,21,26)(H,23,25)(H,27,28). The van der Waals surface area contributed by atoms with Crippen molar-refractivity contribution in [2.45, 2.75) is 12.5 Å². The van der Waals surface area contributed by atoms with Gasteiger partial charge in [0.1, 0.15) is 11.7 Å². The molecule has 4 N–H and O–H groups in total. The third-order valence-corrected chi connectivity index (χ3v) is 4.14. The van der Waals surface area contributed by atoms with E-state index in [1.165, 1.54) is 6.07 Å². The minimum Gasteiger partial charge on any atom is -0.477 e. The second-order valence-electron chi connectivity index (χ2n) is 6.15. The number of aromatic amines is 1. The third kappa shape index (κ3) is 4.42. The number of nitrogens with one attached hydrogen (secondary N) is 3. The fourth-order valence-electron chi connectivity index (χ4n) is 2.82. The van der Waals surface area contributed by atoms with Crippen LogP contribution < -0.4 is 10.6 Å². The summed E-state index contributed by atoms with van der Waals surface area (Å²) in [7, 11) is 0. The van der Waals surface area contributed by atoms with Crippen molar-refractivity contribution in [2.24, 2.45) is 0 Å². The predicted octanol–water partition coefficient (Wildman–Crippen LogP) is 1.73. The van der Waals surface area contributed by atoms with Crippen LogP contribution in [0.1, 0.15) is 16.1 Å². The number of carboxylic acid groups (broad SMARTS) is 1. The molecule has 1 aromatic heterocycles. The zero-order valence-electron chi connectivity index (χ0n) is 14.6. The van der Waals surface area contributed by atoms with Crippen molar-refractivity contribution >= 4 is 40.7 Å². The molecule has 2 aromatic carbocycles. The maximum Gasteiger partial charge on any atom is 0.352 e. The first-order chi connectivity index (χ1) is 13.5. The van der Waals surface area contributed by atoms with Crippen LogP contribution in [0.3, 0.4) is 0 Å². The lowest BCUT2D eigenvalue weighted by Crippen LogP contribution is -2.45. The molecule has 0 saturated carbocycles. The molecule has 1 atom stereocenters. The Balaban J connectivity index is 1.80. The average molecular weight is 379 g/mol. The summed E-state index contributed by atoms with van der Waals surface area (Å²) in [6.45, 7) is 0. The Morgan fingerprint density at radius 2 is 1.82 bits per heavy atom. The number of amides is 2. The summed E-state index contributed by atoms with van der Waals surface area (Å²) in [4.78, 5) is 48.7. The molecule has 28 heavy (non-hydrogen) atoms. The van der Waals surface area contributed by atoms with Gasteiger partial charge in [-0.05, 0) is 29.8 Å². The Bertz CT molecular complexity index is 1040. The second-order valence-corrected chi connectivity index (χ2v) is 6.15. The van der Waals surface area contributed by atoms with Crippen LogP contribution in [-0.2, 0) is 20.8 Å². The van der Waals surface area contributed by atoms with Crippen LogP contribution in [0.5, 0.6) is 0 Å². The van der Waals surface area contributed by atoms with Gasteiger partial charge in [-0.2, -0.15) is 0 Å². The van der Waals surface area contributed by atoms with E-state index in [9.17, 15) is 19.2 Å². The Hall–Kier alpha value is -3.94. The maximum absolute atomic E-state index is 12.7. The smallest absolute Gasteiger partial charge is 0.352 e. The number of H-pyrrole nitrogens is 1. The van der Waals surface area contributed by atoms with Gasteiger partial charge in [-0.3, -0.25) is 14.4 Å². The van der Waals surface area contributed by atoms with E-state index < -0.39 is 23.8 Å². The summed E-state index contributed by atoms with van der Waals surface area (Å²) in [6, 6.07) is 14.5. The largest absolute Gasteiger partial charge is 0.477 e. The molecule has 8 nitrogen and oxygen atoms in total. The van der Waals surface area contributed by atoms with E-state index in [2.05, 4.69) is 15.6 Å². The summed E-state index contributed by atoms with van der Waals surface area (Å²) in [5.41, 5.74) is 1.91. The number of anilines is 1. The summed E-state index contributed by atoms with van der Waals surface area (Å²) >= 11 is 0. The molecule has 1 heterocycles. The number of rotatable bonds is 7. The molecule has 8 heteroatoms. The molecule has 0 aliphatic carbocycles. The van der Waals surface area contributed by atoms with Gasteiger partial charge in [0, 0.05) is 23.0 Å². The lowest BCUT2D eigenvalue weighted by molar-refractivity contribution is -0.133. The lowest BCUT2D eigenvalue weighted by atomic mass is 10.0. The summed E-state index contributed by atoms with van der Waals surface area (Å²) in [5, 5.41) is 14.7. The Morgan fingerprint density at radius 1 is 1.07 bits per heavy atom. The van der Waals surface area contributed by atoms with E-state index >= 15 is 0 Å². The van der Waals surface area contributed by atoms with Crippen LogP contribution in [0, 0.1) is 0 Å². The van der Waals surface area contributed by atoms with E-state index in [4.69, 9.17) is 5.11 Å². The zero-order valence-corrected chi connectivity index (χ0v) is 14.6. The first-order valence-corrected chi connectivity index (χ1v) is 8.43. The topological polar surface area (TPSA) is 128 Å². The third-order valence-electron chi connectivity index (χ3n) is 4.14. The molecular formula is C20H17N3O5. The molecule has 0 aliphatic heterocycles. The molecule has 142 valence electrons. The van der Waals surface area contributed by atoms with Crippen molar-refractivity contribution in [3.63, 3.8) is 0 Å². The number of aromatic nitrogens is 1. The number of aromatic carboxylic acids is 1. The molecule has 1 unspecified atom stereocenters. The minimum atomic E-state index is -1.08. The first kappa shape index (κ1) is 18.8. The number of benzene rings is 2. The highest BCUT2D eigenvalue weighted by Gasteiger charge is 2.21. The van der Waals surface area contributed by atoms with E-state index in [1.807, 2.05) is 30.3 Å². The van der Waals surface area contributed by atoms with Gasteiger partial charge in [-0.1, -0.05) is 30.3 Å². The monoisotopic (exact) mass is 379 g/mol. The van der Waals surface area contributed by atoms with Gasteiger partial charge in [0.15, 0.2) is 0 Å². The molecule has 3 aromatic rings. The molecule has 0 spiro atoms. The van der Waals surface area contributed by atoms with E-state index in [-0.39, 0.29) is 18.4 Å². The van der Waals surface area contributed by atoms with Gasteiger partial charge < -0.3 is 20.7 Å². The van der Waals surface area contributed by atoms with Gasteiger partial charge >= 0.3 is 5.97 Å². The predicted molar refractivity (Wildman–Crippen MR) is 102 cm³/mol. The fourth-order valence-corrected chi connectivity index (χ4v) is 2.82. The highest BCUT2D eigenvalue weighted by atomic mass is 16.4. The van der Waals surface area contributed by atoms with Gasteiger partial charge in [0.25, 0.3) is 5.91 Å². The van der Waals surface area contributed by atoms with Crippen LogP contribution in [0.25, 0.3) is 10.9 Å². The molecule has 2 amide bonds. The fraction of sp³-hybridized carbons (Fsp3) is 0.100. The molecule has 0 radical (unpaired) electrons. The molecule has 3 rings (SSSR count). The second kappa shape index (κ2) is 8.17. The number of hydrogen-bond acceptors (Lipinski definition) is 4. The van der Waals surface area contributed by atoms with Crippen molar-refractivity contribution in [2.75, 3.05) is 5.32 Å². The van der Waals surface area contributed by atoms with Crippen LogP contribution >= 0.6 is 0 Å². The van der Waals surface area contributed by atoms with Crippen molar-refractivity contribution in [3.8, 4) is 0 Å². The first-order valence-electron chi connectivity index (χ1n) is 8.43. The van der Waals surface area contributed by atoms with Crippen molar-refractivity contribution in [1.82, 2.24) is 10.3 Å². The molecular weight excluding hydrogens is 362 g/mol. The van der Waals surface area contributed by atoms with Crippen molar-refractivity contribution in [1.29, 1.82) is 0 Å². The highest BCUT2D eigenvalue weighted by Crippen LogP contribution is 2.20. The molecule has 0 fully saturated rings. The SMILES string of the molecule is O=CC(=O)NC(Cc1ccccc1)C(=O)Nc1ccc2[nH]c(C(=O)O)cc2c1. The van der Waals surface area contributed by atoms with Gasteiger partial charge in [0.2, 0.25) is 12.2 Å². The highest BCUT2D eigenvalue weighted by molar-refractivity contribution is 6.24. The Morgan fingerprint density at radius 3 is 2.50 bits per heavy atom. The number of fused-ring (bicyclic) bond motifs is 1. The minimum absolute atomic E-state index is 0.0404. The van der Waals surface area contributed by atoms with Gasteiger partial charge in [-0.15, -0.1) is 0 Å². The van der Waals surface area contributed by atoms with Crippen molar-refractivity contribution < 1.29 is 24.3 Å². The van der Waals surface area contributed by atoms with E-state index in [0.717, 1.165) is 5.56 Å². The normalized spacial score (nSPS) is 11.6. The maximum atomic E-state index is 12.7. The van der Waals surface area contributed by atoms with E-state index in [0.29, 0.717) is 16.6 Å². The number of carbonyl (C=O) groups excluding carboxylic acids is 3. The number of carboxylic acids is 1. The molecule has 0 aliphatic rings. The van der Waals surface area contributed by atoms with Gasteiger partial charge in [-0.25, -0.2) is 4.79 Å². The molecule has 0 saturated heterocycles. The zero-order chi connectivity index (χ0) is 20.1. The number of aldehydes is 1. The van der Waals surface area contributed by atoms with Gasteiger partial charge in [0.05, 0.1) is 0 Å². The number of hydrogen-bond donors (Lipinski definition) is 4. The Labute approximate surface area is 159 Å². The lowest BCUT2D eigenvalue weighted by Gasteiger charge is -2.17. The van der Waals surface area contributed by atoms with Crippen molar-refractivity contribution in [3.05, 3.63) is 65.9 Å². The average Bonchev–Trinajstić information content (AvgIpc) is 3.12. The quantitative estimate of drug-likeness (QED) is 0.367. The van der Waals surface area contributed by atoms with Crippen LogP contribution in [0.2, 0.25) is 0 Å². The van der Waals surface area contributed by atoms with E-state index in [1.54, 1.807) is 18.2 Å². The summed E-state index contributed by atoms with van der Waals surface area (Å²) in [5.74, 6) is -2.46. The summed E-state index contributed by atoms with van der Waals surface area (Å²) < 4.78 is 0. The molecule has 0 bridgehead atoms. The Kier molecular flexibility index (Phi) is 5.50. The van der Waals surface area contributed by atoms with Crippen LogP contribution in [0.4, 0.5) is 5.69 Å².